The van der Waals surface area contributed by atoms with Gasteiger partial charge in [0.05, 0.1) is 11.2 Å². The van der Waals surface area contributed by atoms with Crippen molar-refractivity contribution in [3.05, 3.63) is 40.9 Å². The molecule has 1 N–H and O–H groups in total. The van der Waals surface area contributed by atoms with Gasteiger partial charge in [0, 0.05) is 12.1 Å². The number of hydrogen-bond acceptors (Lipinski definition) is 4. The van der Waals surface area contributed by atoms with Gasteiger partial charge in [-0.15, -0.1) is 0 Å². The summed E-state index contributed by atoms with van der Waals surface area (Å²) in [5.74, 6) is -1.86. The lowest BCUT2D eigenvalue weighted by atomic mass is 9.77. The molecule has 0 amide bonds. The Bertz CT molecular complexity index is 698. The zero-order valence-corrected chi connectivity index (χ0v) is 15.5. The van der Waals surface area contributed by atoms with Crippen LogP contribution in [0.3, 0.4) is 0 Å². The fraction of sp³-hybridized carbons (Fsp3) is 0.500. The Labute approximate surface area is 151 Å². The maximum atomic E-state index is 12.7. The maximum Gasteiger partial charge on any atom is 0.491 e. The van der Waals surface area contributed by atoms with Crippen LogP contribution in [0.15, 0.2) is 29.7 Å². The summed E-state index contributed by atoms with van der Waals surface area (Å²) in [5, 5.41) is 3.01. The molecule has 1 aliphatic rings. The molecule has 1 aliphatic heterocycles. The second kappa shape index (κ2) is 7.17. The van der Waals surface area contributed by atoms with E-state index in [0.29, 0.717) is 12.1 Å². The highest BCUT2D eigenvalue weighted by Gasteiger charge is 2.52. The fourth-order valence-electron chi connectivity index (χ4n) is 2.55. The van der Waals surface area contributed by atoms with Crippen LogP contribution in [0.1, 0.15) is 43.6 Å². The molecule has 1 saturated heterocycles. The molecule has 2 rings (SSSR count). The molecular formula is C18H23BF3NO3. The van der Waals surface area contributed by atoms with Crippen molar-refractivity contribution >= 4 is 19.0 Å². The summed E-state index contributed by atoms with van der Waals surface area (Å²) in [5.41, 5.74) is -0.260. The summed E-state index contributed by atoms with van der Waals surface area (Å²) >= 11 is 0. The second-order valence-corrected chi connectivity index (χ2v) is 7.29. The normalized spacial score (nSPS) is 19.7. The standard InChI is InChI=1S/C18H23BF3NO3/c1-16(2)17(3,4)26-19(25-16)14(11-23-5)10-12-7-6-8-13(9-12)15(24)18(20,21)22/h6-10,23H,11H2,1-5H3. The first-order valence-corrected chi connectivity index (χ1v) is 8.30. The summed E-state index contributed by atoms with van der Waals surface area (Å²) in [6.45, 7) is 8.12. The molecule has 0 radical (unpaired) electrons. The summed E-state index contributed by atoms with van der Waals surface area (Å²) in [4.78, 5) is 11.4. The van der Waals surface area contributed by atoms with Crippen LogP contribution < -0.4 is 5.32 Å². The van der Waals surface area contributed by atoms with Gasteiger partial charge in [-0.25, -0.2) is 0 Å². The van der Waals surface area contributed by atoms with Gasteiger partial charge in [0.2, 0.25) is 0 Å². The van der Waals surface area contributed by atoms with Gasteiger partial charge in [0.15, 0.2) is 0 Å². The van der Waals surface area contributed by atoms with E-state index in [9.17, 15) is 18.0 Å². The molecule has 0 bridgehead atoms. The molecule has 0 atom stereocenters. The van der Waals surface area contributed by atoms with Gasteiger partial charge >= 0.3 is 13.3 Å². The number of hydrogen-bond donors (Lipinski definition) is 1. The number of carbonyl (C=O) groups excluding carboxylic acids is 1. The van der Waals surface area contributed by atoms with Crippen molar-refractivity contribution in [3.63, 3.8) is 0 Å². The topological polar surface area (TPSA) is 47.6 Å². The lowest BCUT2D eigenvalue weighted by Gasteiger charge is -2.32. The first kappa shape index (κ1) is 20.7. The minimum Gasteiger partial charge on any atom is -0.400 e. The Kier molecular flexibility index (Phi) is 5.70. The number of carbonyl (C=O) groups is 1. The number of benzene rings is 1. The summed E-state index contributed by atoms with van der Waals surface area (Å²) in [6, 6.07) is 5.43. The van der Waals surface area contributed by atoms with E-state index < -0.39 is 35.8 Å². The minimum atomic E-state index is -4.90. The van der Waals surface area contributed by atoms with Gasteiger partial charge in [0.25, 0.3) is 5.78 Å². The summed E-state index contributed by atoms with van der Waals surface area (Å²) in [6.07, 6.45) is -3.21. The van der Waals surface area contributed by atoms with Crippen molar-refractivity contribution in [1.82, 2.24) is 5.32 Å². The number of ketones is 1. The predicted octanol–water partition coefficient (Wildman–Crippen LogP) is 3.67. The monoisotopic (exact) mass is 369 g/mol. The quantitative estimate of drug-likeness (QED) is 0.636. The van der Waals surface area contributed by atoms with Crippen molar-refractivity contribution in [2.45, 2.75) is 45.1 Å². The van der Waals surface area contributed by atoms with E-state index in [2.05, 4.69) is 5.32 Å². The molecular weight excluding hydrogens is 346 g/mol. The highest BCUT2D eigenvalue weighted by molar-refractivity contribution is 6.55. The Morgan fingerprint density at radius 3 is 2.27 bits per heavy atom. The van der Waals surface area contributed by atoms with Crippen LogP contribution in [0, 0.1) is 0 Å². The van der Waals surface area contributed by atoms with Crippen LogP contribution >= 0.6 is 0 Å². The molecule has 1 heterocycles. The molecule has 1 aromatic carbocycles. The van der Waals surface area contributed by atoms with E-state index in [-0.39, 0.29) is 0 Å². The average Bonchev–Trinajstić information content (AvgIpc) is 2.73. The molecule has 0 aromatic heterocycles. The Balaban J connectivity index is 2.34. The zero-order valence-electron chi connectivity index (χ0n) is 15.5. The van der Waals surface area contributed by atoms with E-state index in [0.717, 1.165) is 11.5 Å². The highest BCUT2D eigenvalue weighted by atomic mass is 19.4. The third-order valence-electron chi connectivity index (χ3n) is 4.70. The van der Waals surface area contributed by atoms with Crippen LogP contribution in [0.2, 0.25) is 0 Å². The van der Waals surface area contributed by atoms with Crippen LogP contribution in [0.4, 0.5) is 13.2 Å². The van der Waals surface area contributed by atoms with Crippen LogP contribution in [0.5, 0.6) is 0 Å². The third kappa shape index (κ3) is 4.36. The fourth-order valence-corrected chi connectivity index (χ4v) is 2.55. The molecule has 26 heavy (non-hydrogen) atoms. The maximum absolute atomic E-state index is 12.7. The largest absolute Gasteiger partial charge is 0.491 e. The van der Waals surface area contributed by atoms with Crippen LogP contribution in [-0.2, 0) is 9.31 Å². The van der Waals surface area contributed by atoms with Crippen molar-refractivity contribution in [2.24, 2.45) is 0 Å². The molecule has 8 heteroatoms. The Morgan fingerprint density at radius 2 is 1.77 bits per heavy atom. The van der Waals surface area contributed by atoms with Crippen molar-refractivity contribution < 1.29 is 27.3 Å². The molecule has 0 saturated carbocycles. The summed E-state index contributed by atoms with van der Waals surface area (Å²) < 4.78 is 50.0. The predicted molar refractivity (Wildman–Crippen MR) is 94.8 cm³/mol. The third-order valence-corrected chi connectivity index (χ3v) is 4.70. The van der Waals surface area contributed by atoms with Gasteiger partial charge in [-0.2, -0.15) is 13.2 Å². The molecule has 4 nitrogen and oxygen atoms in total. The lowest BCUT2D eigenvalue weighted by Crippen LogP contribution is -2.41. The molecule has 0 aliphatic carbocycles. The Hall–Kier alpha value is -1.64. The molecule has 142 valence electrons. The lowest BCUT2D eigenvalue weighted by molar-refractivity contribution is -0.0885. The summed E-state index contributed by atoms with van der Waals surface area (Å²) in [7, 11) is 1.12. The van der Waals surface area contributed by atoms with Gasteiger partial charge < -0.3 is 14.6 Å². The smallest absolute Gasteiger partial charge is 0.400 e. The SMILES string of the molecule is CNCC(=Cc1cccc(C(=O)C(F)(F)F)c1)B1OC(C)(C)C(C)(C)O1. The Morgan fingerprint density at radius 1 is 1.19 bits per heavy atom. The first-order valence-electron chi connectivity index (χ1n) is 8.30. The van der Waals surface area contributed by atoms with E-state index in [1.165, 1.54) is 12.1 Å². The van der Waals surface area contributed by atoms with Gasteiger partial charge in [0.1, 0.15) is 0 Å². The van der Waals surface area contributed by atoms with Gasteiger partial charge in [-0.3, -0.25) is 4.79 Å². The van der Waals surface area contributed by atoms with E-state index in [1.807, 2.05) is 27.7 Å². The molecule has 0 spiro atoms. The molecule has 1 aromatic rings. The number of Topliss-reactive ketones (excluding diaryl/α,β-unsaturated/α-hetero) is 1. The number of likely N-dealkylation sites (N-methyl/N-ethyl adjacent to an activating group) is 1. The van der Waals surface area contributed by atoms with Crippen molar-refractivity contribution in [2.75, 3.05) is 13.6 Å². The number of alkyl halides is 3. The average molecular weight is 369 g/mol. The number of rotatable bonds is 5. The number of nitrogens with one attached hydrogen (secondary N) is 1. The van der Waals surface area contributed by atoms with Crippen LogP contribution in [-0.4, -0.2) is 43.9 Å². The highest BCUT2D eigenvalue weighted by Crippen LogP contribution is 2.38. The van der Waals surface area contributed by atoms with Crippen molar-refractivity contribution in [3.8, 4) is 0 Å². The van der Waals surface area contributed by atoms with Gasteiger partial charge in [-0.05, 0) is 51.8 Å². The first-order chi connectivity index (χ1) is 11.9. The van der Waals surface area contributed by atoms with E-state index >= 15 is 0 Å². The second-order valence-electron chi connectivity index (χ2n) is 7.29. The van der Waals surface area contributed by atoms with E-state index in [4.69, 9.17) is 9.31 Å². The van der Waals surface area contributed by atoms with Gasteiger partial charge in [-0.1, -0.05) is 24.3 Å². The molecule has 0 unspecified atom stereocenters. The number of halogens is 3. The molecule has 1 fully saturated rings. The van der Waals surface area contributed by atoms with Crippen LogP contribution in [0.25, 0.3) is 6.08 Å². The minimum absolute atomic E-state index is 0.399. The van der Waals surface area contributed by atoms with E-state index in [1.54, 1.807) is 19.2 Å². The zero-order chi connectivity index (χ0) is 19.8. The van der Waals surface area contributed by atoms with Crippen molar-refractivity contribution in [1.29, 1.82) is 0 Å².